The molecule has 1 unspecified atom stereocenters. The number of rotatable bonds is 4. The molecule has 2 aromatic heterocycles. The number of pyridine rings is 1. The summed E-state index contributed by atoms with van der Waals surface area (Å²) in [6.45, 7) is 0. The average Bonchev–Trinajstić information content (AvgIpc) is 3.21. The van der Waals surface area contributed by atoms with Crippen LogP contribution in [0, 0.1) is 0 Å². The number of halogens is 2. The maximum Gasteiger partial charge on any atom is 0.262 e. The normalized spacial score (nSPS) is 19.6. The summed E-state index contributed by atoms with van der Waals surface area (Å²) in [6.07, 6.45) is 0.200. The van der Waals surface area contributed by atoms with Crippen LogP contribution in [0.2, 0.25) is 5.02 Å². The lowest BCUT2D eigenvalue weighted by Gasteiger charge is -2.37. The Morgan fingerprint density at radius 1 is 1.21 bits per heavy atom. The molecule has 142 valence electrons. The molecule has 1 aromatic carbocycles. The number of hydrogen-bond donors (Lipinski definition) is 2. The summed E-state index contributed by atoms with van der Waals surface area (Å²) in [5.74, 6) is -0.344. The molecule has 3 heterocycles. The van der Waals surface area contributed by atoms with E-state index < -0.39 is 5.54 Å². The van der Waals surface area contributed by atoms with E-state index in [1.807, 2.05) is 53.2 Å². The van der Waals surface area contributed by atoms with Crippen molar-refractivity contribution in [1.29, 1.82) is 0 Å². The van der Waals surface area contributed by atoms with Gasteiger partial charge in [-0.3, -0.25) is 4.79 Å². The van der Waals surface area contributed by atoms with Gasteiger partial charge in [0, 0.05) is 11.3 Å². The van der Waals surface area contributed by atoms with Crippen molar-refractivity contribution in [1.82, 2.24) is 10.3 Å². The highest BCUT2D eigenvalue weighted by Gasteiger charge is 2.44. The summed E-state index contributed by atoms with van der Waals surface area (Å²) in [4.78, 5) is 18.6. The zero-order chi connectivity index (χ0) is 19.7. The van der Waals surface area contributed by atoms with E-state index in [0.717, 1.165) is 17.3 Å². The van der Waals surface area contributed by atoms with Crippen LogP contribution in [-0.2, 0) is 10.3 Å². The van der Waals surface area contributed by atoms with Crippen molar-refractivity contribution in [2.45, 2.75) is 16.9 Å². The van der Waals surface area contributed by atoms with Gasteiger partial charge >= 0.3 is 0 Å². The first kappa shape index (κ1) is 19.5. The number of aliphatic hydroxyl groups excluding tert-OH is 1. The van der Waals surface area contributed by atoms with E-state index in [4.69, 9.17) is 11.6 Å². The largest absolute Gasteiger partial charge is 0.511 e. The Kier molecular flexibility index (Phi) is 5.51. The third-order valence-electron chi connectivity index (χ3n) is 4.44. The number of nitrogens with zero attached hydrogens (tertiary/aromatic N) is 1. The Morgan fingerprint density at radius 2 is 2.04 bits per heavy atom. The SMILES string of the molecule is O=C1NC(c2ccsc2)(c2cccc(Br)n2)CC(O)=C1Sc1ccccc1Cl. The van der Waals surface area contributed by atoms with Gasteiger partial charge in [0.25, 0.3) is 5.91 Å². The summed E-state index contributed by atoms with van der Waals surface area (Å²) < 4.78 is 0.661. The molecule has 28 heavy (non-hydrogen) atoms. The predicted octanol–water partition coefficient (Wildman–Crippen LogP) is 5.88. The van der Waals surface area contributed by atoms with E-state index >= 15 is 0 Å². The molecule has 0 bridgehead atoms. The number of carbonyl (C=O) groups is 1. The number of benzene rings is 1. The number of aromatic nitrogens is 1. The van der Waals surface area contributed by atoms with Gasteiger partial charge in [-0.2, -0.15) is 11.3 Å². The quantitative estimate of drug-likeness (QED) is 0.445. The smallest absolute Gasteiger partial charge is 0.262 e. The molecule has 3 aromatic rings. The van der Waals surface area contributed by atoms with E-state index in [0.29, 0.717) is 20.2 Å². The molecule has 1 atom stereocenters. The van der Waals surface area contributed by atoms with Crippen LogP contribution in [0.5, 0.6) is 0 Å². The van der Waals surface area contributed by atoms with Crippen LogP contribution in [-0.4, -0.2) is 16.0 Å². The topological polar surface area (TPSA) is 62.2 Å². The minimum atomic E-state index is -0.935. The van der Waals surface area contributed by atoms with Gasteiger partial charge in [0.15, 0.2) is 0 Å². The summed E-state index contributed by atoms with van der Waals surface area (Å²) in [5, 5.41) is 18.4. The van der Waals surface area contributed by atoms with Gasteiger partial charge in [0.2, 0.25) is 0 Å². The standard InChI is InChI=1S/C20H14BrClN2O2S2/c21-17-7-3-6-16(23-17)20(12-8-9-27-11-12)10-14(25)18(19(26)24-20)28-15-5-2-1-4-13(15)22/h1-9,11,25H,10H2,(H,24,26). The molecular formula is C20H14BrClN2O2S2. The highest BCUT2D eigenvalue weighted by Crippen LogP contribution is 2.43. The molecule has 0 saturated heterocycles. The Morgan fingerprint density at radius 3 is 2.71 bits per heavy atom. The number of thioether (sulfide) groups is 1. The second kappa shape index (κ2) is 7.91. The van der Waals surface area contributed by atoms with Crippen LogP contribution < -0.4 is 5.32 Å². The van der Waals surface area contributed by atoms with Crippen molar-refractivity contribution >= 4 is 56.5 Å². The van der Waals surface area contributed by atoms with Crippen molar-refractivity contribution in [3.8, 4) is 0 Å². The third-order valence-corrected chi connectivity index (χ3v) is 7.21. The number of carbonyl (C=O) groups excluding carboxylic acids is 1. The number of hydrogen-bond acceptors (Lipinski definition) is 5. The Hall–Kier alpha value is -1.80. The lowest BCUT2D eigenvalue weighted by Crippen LogP contribution is -2.50. The summed E-state index contributed by atoms with van der Waals surface area (Å²) in [6, 6.07) is 14.7. The van der Waals surface area contributed by atoms with E-state index in [1.165, 1.54) is 11.3 Å². The van der Waals surface area contributed by atoms with Crippen LogP contribution >= 0.6 is 50.6 Å². The summed E-state index contributed by atoms with van der Waals surface area (Å²) in [7, 11) is 0. The first-order valence-corrected chi connectivity index (χ1v) is 11.3. The fourth-order valence-electron chi connectivity index (χ4n) is 3.13. The molecule has 1 amide bonds. The maximum atomic E-state index is 13.1. The van der Waals surface area contributed by atoms with Crippen LogP contribution in [0.3, 0.4) is 0 Å². The third kappa shape index (κ3) is 3.59. The molecule has 4 rings (SSSR count). The van der Waals surface area contributed by atoms with E-state index in [1.54, 1.807) is 6.07 Å². The highest BCUT2D eigenvalue weighted by atomic mass is 79.9. The Labute approximate surface area is 183 Å². The van der Waals surface area contributed by atoms with Crippen molar-refractivity contribution in [2.24, 2.45) is 0 Å². The minimum absolute atomic E-state index is 0.0154. The second-order valence-corrected chi connectivity index (χ2v) is 9.25. The van der Waals surface area contributed by atoms with Crippen LogP contribution in [0.25, 0.3) is 0 Å². The van der Waals surface area contributed by atoms with Gasteiger partial charge in [0.05, 0.1) is 10.7 Å². The average molecular weight is 494 g/mol. The summed E-state index contributed by atoms with van der Waals surface area (Å²) in [5.41, 5.74) is 0.599. The monoisotopic (exact) mass is 492 g/mol. The van der Waals surface area contributed by atoms with Gasteiger partial charge in [-0.05, 0) is 62.6 Å². The first-order valence-electron chi connectivity index (χ1n) is 8.32. The molecule has 0 radical (unpaired) electrons. The highest BCUT2D eigenvalue weighted by molar-refractivity contribution is 9.10. The second-order valence-electron chi connectivity index (χ2n) is 6.20. The minimum Gasteiger partial charge on any atom is -0.511 e. The van der Waals surface area contributed by atoms with E-state index in [9.17, 15) is 9.90 Å². The molecule has 0 saturated carbocycles. The first-order chi connectivity index (χ1) is 13.5. The maximum absolute atomic E-state index is 13.1. The molecule has 0 aliphatic carbocycles. The van der Waals surface area contributed by atoms with Gasteiger partial charge in [-0.25, -0.2) is 4.98 Å². The zero-order valence-corrected chi connectivity index (χ0v) is 18.3. The van der Waals surface area contributed by atoms with E-state index in [2.05, 4.69) is 26.2 Å². The number of aliphatic hydroxyl groups is 1. The lowest BCUT2D eigenvalue weighted by atomic mass is 9.82. The molecule has 0 spiro atoms. The van der Waals surface area contributed by atoms with Crippen LogP contribution in [0.15, 0.2) is 79.5 Å². The molecule has 8 heteroatoms. The Bertz CT molecular complexity index is 1070. The van der Waals surface area contributed by atoms with Crippen molar-refractivity contribution in [3.05, 3.63) is 90.8 Å². The number of nitrogens with one attached hydrogen (secondary N) is 1. The van der Waals surface area contributed by atoms with Crippen LogP contribution in [0.4, 0.5) is 0 Å². The van der Waals surface area contributed by atoms with Crippen LogP contribution in [0.1, 0.15) is 17.7 Å². The fraction of sp³-hybridized carbons (Fsp3) is 0.100. The van der Waals surface area contributed by atoms with Crippen molar-refractivity contribution in [2.75, 3.05) is 0 Å². The summed E-state index contributed by atoms with van der Waals surface area (Å²) >= 11 is 12.3. The number of amides is 1. The lowest BCUT2D eigenvalue weighted by molar-refractivity contribution is -0.119. The van der Waals surface area contributed by atoms with Crippen molar-refractivity contribution < 1.29 is 9.90 Å². The molecule has 1 aliphatic heterocycles. The molecule has 1 aliphatic rings. The molecular weight excluding hydrogens is 480 g/mol. The van der Waals surface area contributed by atoms with Gasteiger partial charge in [-0.15, -0.1) is 0 Å². The predicted molar refractivity (Wildman–Crippen MR) is 117 cm³/mol. The van der Waals surface area contributed by atoms with Gasteiger partial charge in [0.1, 0.15) is 20.8 Å². The molecule has 2 N–H and O–H groups in total. The van der Waals surface area contributed by atoms with Crippen molar-refractivity contribution in [3.63, 3.8) is 0 Å². The zero-order valence-electron chi connectivity index (χ0n) is 14.4. The molecule has 4 nitrogen and oxygen atoms in total. The number of thiophene rings is 1. The molecule has 0 fully saturated rings. The fourth-order valence-corrected chi connectivity index (χ4v) is 5.32. The van der Waals surface area contributed by atoms with Gasteiger partial charge in [-0.1, -0.05) is 41.6 Å². The van der Waals surface area contributed by atoms with E-state index in [-0.39, 0.29) is 23.0 Å². The van der Waals surface area contributed by atoms with Gasteiger partial charge < -0.3 is 10.4 Å². The Balaban J connectivity index is 1.79.